The van der Waals surface area contributed by atoms with Crippen molar-refractivity contribution in [1.82, 2.24) is 4.90 Å². The minimum Gasteiger partial charge on any atom is -0.368 e. The molecule has 1 aromatic carbocycles. The number of likely N-dealkylation sites (N-methyl/N-ethyl adjacent to an activating group) is 1. The van der Waals surface area contributed by atoms with Gasteiger partial charge in [-0.05, 0) is 38.6 Å². The summed E-state index contributed by atoms with van der Waals surface area (Å²) < 4.78 is 0. The molecule has 1 saturated heterocycles. The van der Waals surface area contributed by atoms with Gasteiger partial charge in [0.2, 0.25) is 0 Å². The van der Waals surface area contributed by atoms with Gasteiger partial charge in [-0.2, -0.15) is 0 Å². The summed E-state index contributed by atoms with van der Waals surface area (Å²) in [6, 6.07) is 6.29. The van der Waals surface area contributed by atoms with Gasteiger partial charge in [0.1, 0.15) is 0 Å². The number of halogens is 1. The summed E-state index contributed by atoms with van der Waals surface area (Å²) in [4.78, 5) is 4.71. The summed E-state index contributed by atoms with van der Waals surface area (Å²) in [6.45, 7) is 11.7. The van der Waals surface area contributed by atoms with Crippen LogP contribution in [0.1, 0.15) is 12.5 Å². The zero-order valence-corrected chi connectivity index (χ0v) is 12.4. The van der Waals surface area contributed by atoms with E-state index in [1.807, 2.05) is 13.0 Å². The van der Waals surface area contributed by atoms with Gasteiger partial charge in [0.15, 0.2) is 0 Å². The number of allylic oxidation sites excluding steroid dienone is 1. The second kappa shape index (κ2) is 7.45. The van der Waals surface area contributed by atoms with E-state index < -0.39 is 0 Å². The Kier molecular flexibility index (Phi) is 6.23. The van der Waals surface area contributed by atoms with Crippen LogP contribution >= 0.6 is 11.6 Å². The zero-order chi connectivity index (χ0) is 13.5. The third-order valence-electron chi connectivity index (χ3n) is 2.95. The third-order valence-corrected chi connectivity index (χ3v) is 3.25. The maximum atomic E-state index is 6.24. The highest BCUT2D eigenvalue weighted by Gasteiger charge is 2.16. The average Bonchev–Trinajstić information content (AvgIpc) is 2.32. The van der Waals surface area contributed by atoms with Crippen LogP contribution in [0.5, 0.6) is 0 Å². The lowest BCUT2D eigenvalue weighted by Crippen LogP contribution is -2.44. The highest BCUT2D eigenvalue weighted by atomic mass is 35.5. The first-order valence-corrected chi connectivity index (χ1v) is 6.73. The van der Waals surface area contributed by atoms with Crippen LogP contribution in [0.25, 0.3) is 0 Å². The Labute approximate surface area is 116 Å². The number of anilines is 1. The van der Waals surface area contributed by atoms with Crippen molar-refractivity contribution in [2.75, 3.05) is 38.1 Å². The summed E-state index contributed by atoms with van der Waals surface area (Å²) in [7, 11) is 2.16. The molecule has 1 aliphatic heterocycles. The lowest BCUT2D eigenvalue weighted by Gasteiger charge is -2.34. The molecule has 2 nitrogen and oxygen atoms in total. The molecule has 0 aromatic heterocycles. The van der Waals surface area contributed by atoms with E-state index in [1.54, 1.807) is 6.08 Å². The molecule has 2 rings (SSSR count). The number of hydrogen-bond donors (Lipinski definition) is 0. The fraction of sp³-hybridized carbons (Fsp3) is 0.467. The first-order valence-electron chi connectivity index (χ1n) is 6.35. The van der Waals surface area contributed by atoms with Gasteiger partial charge >= 0.3 is 0 Å². The zero-order valence-electron chi connectivity index (χ0n) is 11.6. The largest absolute Gasteiger partial charge is 0.368 e. The van der Waals surface area contributed by atoms with E-state index in [4.69, 9.17) is 11.6 Å². The second-order valence-electron chi connectivity index (χ2n) is 4.65. The van der Waals surface area contributed by atoms with Crippen LogP contribution in [0.15, 0.2) is 30.9 Å². The topological polar surface area (TPSA) is 6.48 Å². The van der Waals surface area contributed by atoms with Crippen molar-refractivity contribution in [1.29, 1.82) is 0 Å². The molecule has 1 heterocycles. The van der Waals surface area contributed by atoms with E-state index in [2.05, 4.69) is 42.5 Å². The first-order chi connectivity index (χ1) is 8.58. The molecular weight excluding hydrogens is 244 g/mol. The average molecular weight is 267 g/mol. The Bertz CT molecular complexity index is 382. The molecule has 0 spiro atoms. The molecule has 18 heavy (non-hydrogen) atoms. The van der Waals surface area contributed by atoms with Gasteiger partial charge in [-0.1, -0.05) is 23.7 Å². The van der Waals surface area contributed by atoms with Crippen LogP contribution in [0.2, 0.25) is 5.02 Å². The molecule has 0 amide bonds. The standard InChI is InChI=1S/C12H17ClN2.C3H6/c1-10-3-4-12(11(13)9-10)15-7-5-14(2)6-8-15;1-3-2/h3-4,9H,5-8H2,1-2H3;3H,1H2,2H3. The highest BCUT2D eigenvalue weighted by molar-refractivity contribution is 6.33. The Hall–Kier alpha value is -0.990. The normalized spacial score (nSPS) is 15.9. The van der Waals surface area contributed by atoms with E-state index in [0.29, 0.717) is 0 Å². The summed E-state index contributed by atoms with van der Waals surface area (Å²) >= 11 is 6.24. The van der Waals surface area contributed by atoms with Gasteiger partial charge < -0.3 is 9.80 Å². The van der Waals surface area contributed by atoms with Crippen molar-refractivity contribution < 1.29 is 0 Å². The molecule has 3 heteroatoms. The molecule has 0 radical (unpaired) electrons. The van der Waals surface area contributed by atoms with Crippen molar-refractivity contribution in [3.63, 3.8) is 0 Å². The number of aryl methyl sites for hydroxylation is 1. The molecule has 0 aliphatic carbocycles. The van der Waals surface area contributed by atoms with Crippen LogP contribution < -0.4 is 4.90 Å². The number of piperazine rings is 1. The fourth-order valence-corrected chi connectivity index (χ4v) is 2.27. The Morgan fingerprint density at radius 1 is 1.22 bits per heavy atom. The lowest BCUT2D eigenvalue weighted by molar-refractivity contribution is 0.313. The SMILES string of the molecule is C=CC.Cc1ccc(N2CCN(C)CC2)c(Cl)c1. The van der Waals surface area contributed by atoms with Crippen molar-refractivity contribution >= 4 is 17.3 Å². The minimum absolute atomic E-state index is 0.875. The van der Waals surface area contributed by atoms with Gasteiger partial charge in [0, 0.05) is 26.2 Å². The van der Waals surface area contributed by atoms with Crippen LogP contribution in [-0.2, 0) is 0 Å². The van der Waals surface area contributed by atoms with E-state index in [-0.39, 0.29) is 0 Å². The number of hydrogen-bond acceptors (Lipinski definition) is 2. The van der Waals surface area contributed by atoms with Crippen molar-refractivity contribution in [3.05, 3.63) is 41.4 Å². The van der Waals surface area contributed by atoms with Gasteiger partial charge in [-0.25, -0.2) is 0 Å². The van der Waals surface area contributed by atoms with Crippen molar-refractivity contribution in [3.8, 4) is 0 Å². The van der Waals surface area contributed by atoms with Crippen LogP contribution in [0.4, 0.5) is 5.69 Å². The molecule has 0 saturated carbocycles. The summed E-state index contributed by atoms with van der Waals surface area (Å²) in [5, 5.41) is 0.875. The predicted molar refractivity (Wildman–Crippen MR) is 81.8 cm³/mol. The number of nitrogens with zero attached hydrogens (tertiary/aromatic N) is 2. The summed E-state index contributed by atoms with van der Waals surface area (Å²) in [5.41, 5.74) is 2.40. The van der Waals surface area contributed by atoms with Crippen LogP contribution in [0.3, 0.4) is 0 Å². The molecule has 0 atom stereocenters. The Balaban J connectivity index is 0.000000492. The Morgan fingerprint density at radius 2 is 1.78 bits per heavy atom. The maximum absolute atomic E-state index is 6.24. The third kappa shape index (κ3) is 4.35. The lowest BCUT2D eigenvalue weighted by atomic mass is 10.2. The molecule has 0 N–H and O–H groups in total. The summed E-state index contributed by atoms with van der Waals surface area (Å²) in [5.74, 6) is 0. The van der Waals surface area contributed by atoms with Gasteiger partial charge in [-0.3, -0.25) is 0 Å². The molecule has 1 aromatic rings. The van der Waals surface area contributed by atoms with E-state index >= 15 is 0 Å². The molecule has 1 fully saturated rings. The van der Waals surface area contributed by atoms with E-state index in [0.717, 1.165) is 31.2 Å². The fourth-order valence-electron chi connectivity index (χ4n) is 1.92. The maximum Gasteiger partial charge on any atom is 0.0642 e. The monoisotopic (exact) mass is 266 g/mol. The van der Waals surface area contributed by atoms with E-state index in [1.165, 1.54) is 11.3 Å². The molecule has 0 unspecified atom stereocenters. The van der Waals surface area contributed by atoms with Crippen LogP contribution in [-0.4, -0.2) is 38.1 Å². The number of benzene rings is 1. The molecular formula is C15H23ClN2. The van der Waals surface area contributed by atoms with Gasteiger partial charge in [0.25, 0.3) is 0 Å². The predicted octanol–water partition coefficient (Wildman–Crippen LogP) is 3.59. The smallest absolute Gasteiger partial charge is 0.0642 e. The first kappa shape index (κ1) is 15.1. The van der Waals surface area contributed by atoms with Gasteiger partial charge in [-0.15, -0.1) is 6.58 Å². The van der Waals surface area contributed by atoms with Crippen molar-refractivity contribution in [2.45, 2.75) is 13.8 Å². The highest BCUT2D eigenvalue weighted by Crippen LogP contribution is 2.27. The van der Waals surface area contributed by atoms with E-state index in [9.17, 15) is 0 Å². The molecule has 1 aliphatic rings. The van der Waals surface area contributed by atoms with Crippen LogP contribution in [0, 0.1) is 6.92 Å². The quantitative estimate of drug-likeness (QED) is 0.717. The van der Waals surface area contributed by atoms with Crippen molar-refractivity contribution in [2.24, 2.45) is 0 Å². The molecule has 0 bridgehead atoms. The summed E-state index contributed by atoms with van der Waals surface area (Å²) in [6.07, 6.45) is 1.75. The second-order valence-corrected chi connectivity index (χ2v) is 5.06. The number of rotatable bonds is 1. The molecule has 100 valence electrons. The van der Waals surface area contributed by atoms with Gasteiger partial charge in [0.05, 0.1) is 10.7 Å². The minimum atomic E-state index is 0.875. The Morgan fingerprint density at radius 3 is 2.28 bits per heavy atom.